The summed E-state index contributed by atoms with van der Waals surface area (Å²) in [4.78, 5) is 11.9. The van der Waals surface area contributed by atoms with Gasteiger partial charge in [-0.15, -0.1) is 0 Å². The first kappa shape index (κ1) is 20.0. The second-order valence-electron chi connectivity index (χ2n) is 8.53. The van der Waals surface area contributed by atoms with Crippen molar-refractivity contribution in [3.8, 4) is 0 Å². The number of carbonyl (C=O) groups is 1. The van der Waals surface area contributed by atoms with Crippen LogP contribution in [0.4, 0.5) is 4.79 Å². The molecule has 4 aliphatic rings. The van der Waals surface area contributed by atoms with Crippen molar-refractivity contribution < 1.29 is 19.0 Å². The van der Waals surface area contributed by atoms with Crippen molar-refractivity contribution in [3.63, 3.8) is 0 Å². The van der Waals surface area contributed by atoms with E-state index in [0.29, 0.717) is 30.4 Å². The summed E-state index contributed by atoms with van der Waals surface area (Å²) in [5.41, 5.74) is 3.27. The lowest BCUT2D eigenvalue weighted by molar-refractivity contribution is -0.163. The van der Waals surface area contributed by atoms with E-state index in [2.05, 4.69) is 15.8 Å². The molecule has 4 rings (SSSR count). The molecule has 0 radical (unpaired) electrons. The second-order valence-corrected chi connectivity index (χ2v) is 8.53. The summed E-state index contributed by atoms with van der Waals surface area (Å²) in [5.74, 6) is 1.23. The van der Waals surface area contributed by atoms with Gasteiger partial charge in [0, 0.05) is 12.5 Å². The molecule has 2 aliphatic carbocycles. The SMILES string of the molecule is CCOC(=O)OC1=CNN2C(OC3CCCCC3)CC(C3CCCCC3)NC12. The molecule has 0 aromatic rings. The van der Waals surface area contributed by atoms with E-state index in [1.165, 1.54) is 51.4 Å². The molecule has 7 nitrogen and oxygen atoms in total. The molecule has 1 saturated heterocycles. The van der Waals surface area contributed by atoms with Gasteiger partial charge in [-0.3, -0.25) is 5.32 Å². The number of hydrazine groups is 1. The number of nitrogens with zero attached hydrogens (tertiary/aromatic N) is 1. The van der Waals surface area contributed by atoms with Crippen molar-refractivity contribution in [2.24, 2.45) is 5.92 Å². The molecular formula is C21H35N3O4. The van der Waals surface area contributed by atoms with Crippen LogP contribution in [0.25, 0.3) is 0 Å². The zero-order valence-corrected chi connectivity index (χ0v) is 17.0. The fourth-order valence-electron chi connectivity index (χ4n) is 5.18. The van der Waals surface area contributed by atoms with Crippen LogP contribution in [0, 0.1) is 5.92 Å². The first-order valence-corrected chi connectivity index (χ1v) is 11.2. The van der Waals surface area contributed by atoms with Crippen molar-refractivity contribution in [1.29, 1.82) is 0 Å². The summed E-state index contributed by atoms with van der Waals surface area (Å²) >= 11 is 0. The lowest BCUT2D eigenvalue weighted by Crippen LogP contribution is -2.64. The van der Waals surface area contributed by atoms with Gasteiger partial charge in [-0.05, 0) is 38.5 Å². The molecule has 158 valence electrons. The highest BCUT2D eigenvalue weighted by Crippen LogP contribution is 2.35. The summed E-state index contributed by atoms with van der Waals surface area (Å²) in [7, 11) is 0. The third-order valence-corrected chi connectivity index (χ3v) is 6.63. The Balaban J connectivity index is 1.45. The molecule has 3 fully saturated rings. The van der Waals surface area contributed by atoms with Gasteiger partial charge in [0.25, 0.3) is 0 Å². The summed E-state index contributed by atoms with van der Waals surface area (Å²) in [6, 6.07) is 0.379. The lowest BCUT2D eigenvalue weighted by atomic mass is 9.81. The van der Waals surface area contributed by atoms with Crippen LogP contribution in [0.5, 0.6) is 0 Å². The largest absolute Gasteiger partial charge is 0.513 e. The molecule has 7 heteroatoms. The van der Waals surface area contributed by atoms with Gasteiger partial charge >= 0.3 is 6.16 Å². The van der Waals surface area contributed by atoms with Crippen LogP contribution in [-0.4, -0.2) is 42.3 Å². The van der Waals surface area contributed by atoms with E-state index in [4.69, 9.17) is 14.2 Å². The maximum absolute atomic E-state index is 11.9. The van der Waals surface area contributed by atoms with Crippen LogP contribution in [-0.2, 0) is 14.2 Å². The first-order valence-electron chi connectivity index (χ1n) is 11.2. The minimum atomic E-state index is -0.649. The average molecular weight is 394 g/mol. The number of nitrogens with one attached hydrogen (secondary N) is 2. The monoisotopic (exact) mass is 393 g/mol. The molecular weight excluding hydrogens is 358 g/mol. The van der Waals surface area contributed by atoms with Gasteiger partial charge in [0.2, 0.25) is 0 Å². The maximum atomic E-state index is 11.9. The number of carbonyl (C=O) groups excluding carboxylic acids is 1. The number of ether oxygens (including phenoxy) is 3. The van der Waals surface area contributed by atoms with Gasteiger partial charge in [0.1, 0.15) is 12.4 Å². The van der Waals surface area contributed by atoms with Crippen molar-refractivity contribution in [1.82, 2.24) is 15.8 Å². The standard InChI is InChI=1S/C21H35N3O4/c1-2-26-21(25)28-18-14-22-24-19(27-16-11-7-4-8-12-16)13-17(23-20(18)24)15-9-5-3-6-10-15/h14-17,19-20,22-23H,2-13H2,1H3. The summed E-state index contributed by atoms with van der Waals surface area (Å²) in [6.45, 7) is 2.08. The zero-order valence-electron chi connectivity index (χ0n) is 17.0. The average Bonchev–Trinajstić information content (AvgIpc) is 3.12. The van der Waals surface area contributed by atoms with Crippen molar-refractivity contribution in [2.45, 2.75) is 102 Å². The van der Waals surface area contributed by atoms with Crippen LogP contribution in [0.15, 0.2) is 12.0 Å². The third kappa shape index (κ3) is 4.63. The van der Waals surface area contributed by atoms with Crippen LogP contribution < -0.4 is 10.7 Å². The highest BCUT2D eigenvalue weighted by molar-refractivity contribution is 5.61. The highest BCUT2D eigenvalue weighted by Gasteiger charge is 2.45. The summed E-state index contributed by atoms with van der Waals surface area (Å²) < 4.78 is 17.0. The van der Waals surface area contributed by atoms with E-state index in [-0.39, 0.29) is 12.4 Å². The highest BCUT2D eigenvalue weighted by atomic mass is 16.7. The smallest absolute Gasteiger partial charge is 0.434 e. The molecule has 0 spiro atoms. The van der Waals surface area contributed by atoms with E-state index in [1.807, 2.05) is 0 Å². The molecule has 0 aromatic heterocycles. The fourth-order valence-corrected chi connectivity index (χ4v) is 5.18. The predicted octanol–water partition coefficient (Wildman–Crippen LogP) is 3.76. The predicted molar refractivity (Wildman–Crippen MR) is 105 cm³/mol. The van der Waals surface area contributed by atoms with E-state index in [0.717, 1.165) is 19.3 Å². The second kappa shape index (κ2) is 9.46. The Morgan fingerprint density at radius 1 is 1.11 bits per heavy atom. The van der Waals surface area contributed by atoms with Crippen LogP contribution >= 0.6 is 0 Å². The van der Waals surface area contributed by atoms with Gasteiger partial charge < -0.3 is 19.6 Å². The molecule has 0 aromatic carbocycles. The Morgan fingerprint density at radius 3 is 2.54 bits per heavy atom. The molecule has 3 atom stereocenters. The lowest BCUT2D eigenvalue weighted by Gasteiger charge is -2.46. The summed E-state index contributed by atoms with van der Waals surface area (Å²) in [6.07, 6.45) is 14.8. The van der Waals surface area contributed by atoms with E-state index in [9.17, 15) is 4.79 Å². The number of rotatable bonds is 5. The van der Waals surface area contributed by atoms with E-state index in [1.54, 1.807) is 13.1 Å². The molecule has 2 N–H and O–H groups in total. The molecule has 2 saturated carbocycles. The Morgan fingerprint density at radius 2 is 1.82 bits per heavy atom. The number of hydrogen-bond acceptors (Lipinski definition) is 7. The van der Waals surface area contributed by atoms with Crippen LogP contribution in [0.2, 0.25) is 0 Å². The fraction of sp³-hybridized carbons (Fsp3) is 0.857. The maximum Gasteiger partial charge on any atom is 0.513 e. The Kier molecular flexibility index (Phi) is 6.75. The number of fused-ring (bicyclic) bond motifs is 1. The van der Waals surface area contributed by atoms with Crippen molar-refractivity contribution in [2.75, 3.05) is 6.61 Å². The molecule has 0 amide bonds. The van der Waals surface area contributed by atoms with Crippen molar-refractivity contribution in [3.05, 3.63) is 12.0 Å². The first-order chi connectivity index (χ1) is 13.7. The molecule has 0 bridgehead atoms. The Hall–Kier alpha value is -1.31. The van der Waals surface area contributed by atoms with Crippen molar-refractivity contribution >= 4 is 6.16 Å². The Bertz CT molecular complexity index is 558. The van der Waals surface area contributed by atoms with E-state index < -0.39 is 6.16 Å². The zero-order chi connectivity index (χ0) is 19.3. The van der Waals surface area contributed by atoms with Gasteiger partial charge in [-0.25, -0.2) is 4.79 Å². The summed E-state index contributed by atoms with van der Waals surface area (Å²) in [5, 5.41) is 5.80. The van der Waals surface area contributed by atoms with Gasteiger partial charge in [0.05, 0.1) is 18.9 Å². The number of hydrogen-bond donors (Lipinski definition) is 2. The van der Waals surface area contributed by atoms with Gasteiger partial charge in [0.15, 0.2) is 5.76 Å². The molecule has 3 unspecified atom stereocenters. The Labute approximate surface area is 168 Å². The minimum absolute atomic E-state index is 0.0131. The molecule has 2 heterocycles. The van der Waals surface area contributed by atoms with Gasteiger partial charge in [-0.1, -0.05) is 38.5 Å². The van der Waals surface area contributed by atoms with Crippen LogP contribution in [0.1, 0.15) is 77.6 Å². The topological polar surface area (TPSA) is 72.1 Å². The van der Waals surface area contributed by atoms with Crippen LogP contribution in [0.3, 0.4) is 0 Å². The normalized spacial score (nSPS) is 32.3. The molecule has 2 aliphatic heterocycles. The molecule has 28 heavy (non-hydrogen) atoms. The van der Waals surface area contributed by atoms with Gasteiger partial charge in [-0.2, -0.15) is 5.01 Å². The quantitative estimate of drug-likeness (QED) is 0.689. The van der Waals surface area contributed by atoms with E-state index >= 15 is 0 Å². The third-order valence-electron chi connectivity index (χ3n) is 6.63. The minimum Gasteiger partial charge on any atom is -0.434 e.